The lowest BCUT2D eigenvalue weighted by molar-refractivity contribution is -0.134. The number of aromatic nitrogens is 3. The first kappa shape index (κ1) is 21.8. The zero-order valence-electron chi connectivity index (χ0n) is 17.9. The van der Waals surface area contributed by atoms with Crippen LogP contribution in [0.25, 0.3) is 11.3 Å². The molecule has 1 unspecified atom stereocenters. The van der Waals surface area contributed by atoms with Gasteiger partial charge in [-0.3, -0.25) is 14.5 Å². The van der Waals surface area contributed by atoms with Crippen molar-refractivity contribution in [2.24, 2.45) is 0 Å². The largest absolute Gasteiger partial charge is 0.447 e. The van der Waals surface area contributed by atoms with Crippen molar-refractivity contribution in [3.05, 3.63) is 54.1 Å². The standard InChI is InChI=1S/C23H22N4O4S/c1-4-18(28)27-16-12-8-6-10-14(16)20-21(24-23(32-3)26-25-20)31-22(27)15-11-7-9-13-17(15)30-19(29)5-2/h6-13,22H,4-5H2,1-3H3. The van der Waals surface area contributed by atoms with Crippen LogP contribution in [-0.2, 0) is 9.59 Å². The highest BCUT2D eigenvalue weighted by Gasteiger charge is 2.36. The van der Waals surface area contributed by atoms with Crippen LogP contribution in [0, 0.1) is 0 Å². The van der Waals surface area contributed by atoms with Gasteiger partial charge in [-0.2, -0.15) is 4.98 Å². The van der Waals surface area contributed by atoms with Gasteiger partial charge in [0.1, 0.15) is 5.75 Å². The third-order valence-corrected chi connectivity index (χ3v) is 5.50. The summed E-state index contributed by atoms with van der Waals surface area (Å²) in [4.78, 5) is 31.3. The van der Waals surface area contributed by atoms with E-state index >= 15 is 0 Å². The lowest BCUT2D eigenvalue weighted by Gasteiger charge is -2.31. The first-order chi connectivity index (χ1) is 15.6. The van der Waals surface area contributed by atoms with Crippen molar-refractivity contribution in [2.75, 3.05) is 11.2 Å². The predicted molar refractivity (Wildman–Crippen MR) is 121 cm³/mol. The van der Waals surface area contributed by atoms with E-state index in [0.29, 0.717) is 33.4 Å². The Morgan fingerprint density at radius 1 is 1.06 bits per heavy atom. The van der Waals surface area contributed by atoms with Crippen LogP contribution < -0.4 is 14.4 Å². The molecular weight excluding hydrogens is 428 g/mol. The van der Waals surface area contributed by atoms with Crippen molar-refractivity contribution in [1.29, 1.82) is 0 Å². The zero-order chi connectivity index (χ0) is 22.7. The summed E-state index contributed by atoms with van der Waals surface area (Å²) in [6.45, 7) is 3.51. The van der Waals surface area contributed by atoms with Crippen LogP contribution >= 0.6 is 11.8 Å². The minimum atomic E-state index is -0.919. The number of rotatable bonds is 5. The highest BCUT2D eigenvalue weighted by molar-refractivity contribution is 7.98. The number of esters is 1. The predicted octanol–water partition coefficient (Wildman–Crippen LogP) is 4.41. The van der Waals surface area contributed by atoms with Gasteiger partial charge >= 0.3 is 5.97 Å². The number of amides is 1. The molecule has 0 aliphatic carbocycles. The van der Waals surface area contributed by atoms with Crippen molar-refractivity contribution < 1.29 is 19.1 Å². The van der Waals surface area contributed by atoms with Crippen molar-refractivity contribution in [3.63, 3.8) is 0 Å². The van der Waals surface area contributed by atoms with Gasteiger partial charge in [-0.25, -0.2) is 0 Å². The maximum atomic E-state index is 13.2. The molecule has 1 amide bonds. The Morgan fingerprint density at radius 3 is 2.56 bits per heavy atom. The van der Waals surface area contributed by atoms with Gasteiger partial charge in [0.25, 0.3) is 0 Å². The SMILES string of the molecule is CCC(=O)Oc1ccccc1C1Oc2nc(SC)nnc2-c2ccccc2N1C(=O)CC. The van der Waals surface area contributed by atoms with Crippen LogP contribution in [0.3, 0.4) is 0 Å². The molecule has 2 heterocycles. The Hall–Kier alpha value is -3.46. The molecule has 4 rings (SSSR count). The Balaban J connectivity index is 1.96. The number of carbonyl (C=O) groups is 2. The third-order valence-electron chi connectivity index (χ3n) is 4.96. The minimum absolute atomic E-state index is 0.162. The molecular formula is C23H22N4O4S. The van der Waals surface area contributed by atoms with Gasteiger partial charge in [0.15, 0.2) is 5.69 Å². The van der Waals surface area contributed by atoms with Crippen LogP contribution in [0.5, 0.6) is 11.6 Å². The molecule has 0 radical (unpaired) electrons. The number of ether oxygens (including phenoxy) is 2. The lowest BCUT2D eigenvalue weighted by Crippen LogP contribution is -2.37. The lowest BCUT2D eigenvalue weighted by atomic mass is 10.1. The molecule has 164 valence electrons. The number of hydrogen-bond donors (Lipinski definition) is 0. The molecule has 0 fully saturated rings. The van der Waals surface area contributed by atoms with Gasteiger partial charge in [0, 0.05) is 18.4 Å². The van der Waals surface area contributed by atoms with Crippen molar-refractivity contribution >= 4 is 29.3 Å². The average Bonchev–Trinajstić information content (AvgIpc) is 2.98. The zero-order valence-corrected chi connectivity index (χ0v) is 18.8. The molecule has 1 aliphatic rings. The maximum Gasteiger partial charge on any atom is 0.310 e. The first-order valence-corrected chi connectivity index (χ1v) is 11.5. The normalized spacial score (nSPS) is 14.6. The topological polar surface area (TPSA) is 94.5 Å². The Kier molecular flexibility index (Phi) is 6.36. The van der Waals surface area contributed by atoms with Crippen LogP contribution in [-0.4, -0.2) is 33.3 Å². The van der Waals surface area contributed by atoms with E-state index in [2.05, 4.69) is 15.2 Å². The molecule has 0 saturated heterocycles. The number of hydrogen-bond acceptors (Lipinski definition) is 8. The fourth-order valence-electron chi connectivity index (χ4n) is 3.41. The Labute approximate surface area is 190 Å². The molecule has 2 aromatic carbocycles. The second-order valence-electron chi connectivity index (χ2n) is 6.92. The van der Waals surface area contributed by atoms with Crippen molar-refractivity contribution in [3.8, 4) is 22.9 Å². The van der Waals surface area contributed by atoms with Crippen LogP contribution in [0.4, 0.5) is 5.69 Å². The minimum Gasteiger partial charge on any atom is -0.447 e. The molecule has 8 nitrogen and oxygen atoms in total. The summed E-state index contributed by atoms with van der Waals surface area (Å²) < 4.78 is 11.9. The molecule has 1 aliphatic heterocycles. The summed E-state index contributed by atoms with van der Waals surface area (Å²) in [5.41, 5.74) is 2.27. The van der Waals surface area contributed by atoms with E-state index in [9.17, 15) is 9.59 Å². The van der Waals surface area contributed by atoms with Gasteiger partial charge in [0.05, 0.1) is 11.3 Å². The smallest absolute Gasteiger partial charge is 0.310 e. The van der Waals surface area contributed by atoms with Gasteiger partial charge in [-0.05, 0) is 24.5 Å². The summed E-state index contributed by atoms with van der Waals surface area (Å²) in [5.74, 6) is 0.0370. The number of benzene rings is 2. The number of para-hydroxylation sites is 2. The van der Waals surface area contributed by atoms with Crippen molar-refractivity contribution in [1.82, 2.24) is 15.2 Å². The van der Waals surface area contributed by atoms with Crippen LogP contribution in [0.2, 0.25) is 0 Å². The highest BCUT2D eigenvalue weighted by Crippen LogP contribution is 2.45. The third kappa shape index (κ3) is 4.03. The number of anilines is 1. The monoisotopic (exact) mass is 450 g/mol. The fraction of sp³-hybridized carbons (Fsp3) is 0.261. The van der Waals surface area contributed by atoms with Gasteiger partial charge in [-0.1, -0.05) is 55.9 Å². The van der Waals surface area contributed by atoms with Gasteiger partial charge in [0.2, 0.25) is 23.2 Å². The fourth-order valence-corrected chi connectivity index (χ4v) is 3.71. The van der Waals surface area contributed by atoms with E-state index in [1.807, 2.05) is 30.5 Å². The number of fused-ring (bicyclic) bond motifs is 3. The average molecular weight is 451 g/mol. The van der Waals surface area contributed by atoms with E-state index in [1.165, 1.54) is 11.8 Å². The number of nitrogens with zero attached hydrogens (tertiary/aromatic N) is 4. The molecule has 32 heavy (non-hydrogen) atoms. The van der Waals surface area contributed by atoms with Crippen LogP contribution in [0.15, 0.2) is 53.7 Å². The molecule has 1 aromatic heterocycles. The highest BCUT2D eigenvalue weighted by atomic mass is 32.2. The Bertz CT molecular complexity index is 1170. The summed E-state index contributed by atoms with van der Waals surface area (Å²) in [6.07, 6.45) is 1.39. The second kappa shape index (κ2) is 9.35. The van der Waals surface area contributed by atoms with E-state index in [-0.39, 0.29) is 30.6 Å². The molecule has 0 saturated carbocycles. The number of carbonyl (C=O) groups excluding carboxylic acids is 2. The first-order valence-electron chi connectivity index (χ1n) is 10.2. The summed E-state index contributed by atoms with van der Waals surface area (Å²) >= 11 is 1.34. The van der Waals surface area contributed by atoms with Crippen molar-refractivity contribution in [2.45, 2.75) is 38.1 Å². The molecule has 0 N–H and O–H groups in total. The van der Waals surface area contributed by atoms with E-state index in [0.717, 1.165) is 0 Å². The maximum absolute atomic E-state index is 13.2. The quantitative estimate of drug-likeness (QED) is 0.320. The van der Waals surface area contributed by atoms with Crippen LogP contribution in [0.1, 0.15) is 38.5 Å². The molecule has 3 aromatic rings. The molecule has 1 atom stereocenters. The van der Waals surface area contributed by atoms with Gasteiger partial charge in [-0.15, -0.1) is 10.2 Å². The molecule has 0 bridgehead atoms. The number of thioether (sulfide) groups is 1. The van der Waals surface area contributed by atoms with E-state index in [4.69, 9.17) is 9.47 Å². The van der Waals surface area contributed by atoms with E-state index in [1.54, 1.807) is 43.0 Å². The van der Waals surface area contributed by atoms with Gasteiger partial charge < -0.3 is 9.47 Å². The second-order valence-corrected chi connectivity index (χ2v) is 7.70. The summed E-state index contributed by atoms with van der Waals surface area (Å²) in [5, 5.41) is 8.94. The molecule has 9 heteroatoms. The Morgan fingerprint density at radius 2 is 1.81 bits per heavy atom. The summed E-state index contributed by atoms with van der Waals surface area (Å²) in [6, 6.07) is 14.4. The van der Waals surface area contributed by atoms with E-state index < -0.39 is 6.23 Å². The summed E-state index contributed by atoms with van der Waals surface area (Å²) in [7, 11) is 0. The molecule has 0 spiro atoms.